The zero-order valence-electron chi connectivity index (χ0n) is 10.6. The second-order valence-corrected chi connectivity index (χ2v) is 7.41. The molecule has 0 radical (unpaired) electrons. The molecule has 102 valence electrons. The summed E-state index contributed by atoms with van der Waals surface area (Å²) in [6, 6.07) is -0.264. The average molecular weight is 290 g/mol. The number of aromatic nitrogens is 1. The Kier molecular flexibility index (Phi) is 4.37. The molecule has 1 aliphatic rings. The van der Waals surface area contributed by atoms with Gasteiger partial charge in [0.05, 0.1) is 35.7 Å². The molecular weight excluding hydrogens is 272 g/mol. The van der Waals surface area contributed by atoms with Gasteiger partial charge in [0.25, 0.3) is 0 Å². The first-order valence-electron chi connectivity index (χ1n) is 6.04. The van der Waals surface area contributed by atoms with Crippen LogP contribution >= 0.6 is 11.3 Å². The van der Waals surface area contributed by atoms with Gasteiger partial charge in [0, 0.05) is 11.9 Å². The third-order valence-corrected chi connectivity index (χ3v) is 5.74. The predicted molar refractivity (Wildman–Crippen MR) is 71.2 cm³/mol. The topological polar surface area (TPSA) is 59.5 Å². The fraction of sp³-hybridized carbons (Fsp3) is 0.727. The number of thiazole rings is 1. The van der Waals surface area contributed by atoms with Crippen molar-refractivity contribution in [3.05, 3.63) is 16.1 Å². The Bertz CT molecular complexity index is 498. The Morgan fingerprint density at radius 3 is 3.00 bits per heavy atom. The highest BCUT2D eigenvalue weighted by Crippen LogP contribution is 2.28. The van der Waals surface area contributed by atoms with E-state index in [1.165, 1.54) is 11.3 Å². The number of ether oxygens (including phenoxy) is 1. The van der Waals surface area contributed by atoms with Gasteiger partial charge >= 0.3 is 0 Å². The molecule has 1 aliphatic heterocycles. The molecule has 7 heteroatoms. The minimum atomic E-state index is -3.20. The number of rotatable bonds is 4. The third kappa shape index (κ3) is 2.90. The lowest BCUT2D eigenvalue weighted by Gasteiger charge is -2.33. The monoisotopic (exact) mass is 290 g/mol. The highest BCUT2D eigenvalue weighted by Gasteiger charge is 2.34. The number of hydrogen-bond acceptors (Lipinski definition) is 5. The summed E-state index contributed by atoms with van der Waals surface area (Å²) in [7, 11) is -3.20. The normalized spacial score (nSPS) is 22.2. The van der Waals surface area contributed by atoms with Crippen LogP contribution in [0.25, 0.3) is 0 Å². The van der Waals surface area contributed by atoms with E-state index < -0.39 is 10.0 Å². The second-order valence-electron chi connectivity index (χ2n) is 4.31. The maximum absolute atomic E-state index is 12.2. The van der Waals surface area contributed by atoms with E-state index in [2.05, 4.69) is 4.98 Å². The van der Waals surface area contributed by atoms with Crippen LogP contribution in [0.2, 0.25) is 0 Å². The summed E-state index contributed by atoms with van der Waals surface area (Å²) in [5, 5.41) is 2.87. The van der Waals surface area contributed by atoms with E-state index in [-0.39, 0.29) is 11.8 Å². The van der Waals surface area contributed by atoms with Crippen LogP contribution in [0.15, 0.2) is 5.38 Å². The van der Waals surface area contributed by atoms with Crippen LogP contribution in [0.4, 0.5) is 0 Å². The molecule has 0 aliphatic carbocycles. The first-order chi connectivity index (χ1) is 8.54. The summed E-state index contributed by atoms with van der Waals surface area (Å²) >= 11 is 1.54. The number of hydrogen-bond donors (Lipinski definition) is 0. The van der Waals surface area contributed by atoms with E-state index in [1.54, 1.807) is 4.31 Å². The quantitative estimate of drug-likeness (QED) is 0.844. The standard InChI is InChI=1S/C11H18N2O3S2/c1-3-6-18(14,15)13-4-5-16-7-11(13)10-8-17-9(2)12-10/h8,11H,3-7H2,1-2H3/t11-/m1/s1. The van der Waals surface area contributed by atoms with Gasteiger partial charge in [-0.05, 0) is 13.3 Å². The molecule has 0 unspecified atom stereocenters. The first kappa shape index (κ1) is 13.9. The van der Waals surface area contributed by atoms with Gasteiger partial charge in [0.15, 0.2) is 0 Å². The molecule has 0 amide bonds. The SMILES string of the molecule is CCCS(=O)(=O)N1CCOC[C@@H]1c1csc(C)n1. The fourth-order valence-electron chi connectivity index (χ4n) is 2.06. The highest BCUT2D eigenvalue weighted by molar-refractivity contribution is 7.89. The Hall–Kier alpha value is -0.500. The Balaban J connectivity index is 2.26. The van der Waals surface area contributed by atoms with E-state index in [9.17, 15) is 8.42 Å². The van der Waals surface area contributed by atoms with Crippen molar-refractivity contribution >= 4 is 21.4 Å². The van der Waals surface area contributed by atoms with Crippen LogP contribution in [-0.2, 0) is 14.8 Å². The van der Waals surface area contributed by atoms with Gasteiger partial charge in [-0.1, -0.05) is 6.92 Å². The zero-order chi connectivity index (χ0) is 13.2. The zero-order valence-corrected chi connectivity index (χ0v) is 12.3. The minimum Gasteiger partial charge on any atom is -0.378 e. The number of nitrogens with zero attached hydrogens (tertiary/aromatic N) is 2. The van der Waals surface area contributed by atoms with Crippen molar-refractivity contribution in [2.75, 3.05) is 25.5 Å². The smallest absolute Gasteiger partial charge is 0.214 e. The van der Waals surface area contributed by atoms with E-state index >= 15 is 0 Å². The van der Waals surface area contributed by atoms with Crippen molar-refractivity contribution in [2.24, 2.45) is 0 Å². The van der Waals surface area contributed by atoms with E-state index in [0.717, 1.165) is 10.7 Å². The van der Waals surface area contributed by atoms with Crippen LogP contribution in [0.3, 0.4) is 0 Å². The van der Waals surface area contributed by atoms with Crippen LogP contribution in [-0.4, -0.2) is 43.2 Å². The molecule has 2 heterocycles. The van der Waals surface area contributed by atoms with Gasteiger partial charge in [0.1, 0.15) is 0 Å². The molecular formula is C11H18N2O3S2. The van der Waals surface area contributed by atoms with Crippen molar-refractivity contribution in [1.82, 2.24) is 9.29 Å². The summed E-state index contributed by atoms with van der Waals surface area (Å²) in [4.78, 5) is 4.39. The Morgan fingerprint density at radius 2 is 2.39 bits per heavy atom. The Morgan fingerprint density at radius 1 is 1.61 bits per heavy atom. The van der Waals surface area contributed by atoms with Crippen molar-refractivity contribution in [1.29, 1.82) is 0 Å². The summed E-state index contributed by atoms with van der Waals surface area (Å²) in [6.45, 7) is 5.07. The lowest BCUT2D eigenvalue weighted by molar-refractivity contribution is 0.0308. The van der Waals surface area contributed by atoms with Crippen molar-refractivity contribution in [2.45, 2.75) is 26.3 Å². The van der Waals surface area contributed by atoms with Gasteiger partial charge < -0.3 is 4.74 Å². The van der Waals surface area contributed by atoms with E-state index in [1.807, 2.05) is 19.2 Å². The van der Waals surface area contributed by atoms with Gasteiger partial charge in [-0.3, -0.25) is 0 Å². The van der Waals surface area contributed by atoms with Crippen molar-refractivity contribution in [3.8, 4) is 0 Å². The molecule has 18 heavy (non-hydrogen) atoms. The van der Waals surface area contributed by atoms with Gasteiger partial charge in [-0.25, -0.2) is 13.4 Å². The highest BCUT2D eigenvalue weighted by atomic mass is 32.2. The molecule has 0 spiro atoms. The minimum absolute atomic E-state index is 0.187. The van der Waals surface area contributed by atoms with E-state index in [4.69, 9.17) is 4.74 Å². The molecule has 0 aromatic carbocycles. The van der Waals surface area contributed by atoms with Crippen molar-refractivity contribution in [3.63, 3.8) is 0 Å². The lowest BCUT2D eigenvalue weighted by atomic mass is 10.2. The molecule has 1 aromatic heterocycles. The molecule has 1 fully saturated rings. The van der Waals surface area contributed by atoms with Crippen LogP contribution in [0, 0.1) is 6.92 Å². The van der Waals surface area contributed by atoms with E-state index in [0.29, 0.717) is 26.2 Å². The molecule has 2 rings (SSSR count). The van der Waals surface area contributed by atoms with Gasteiger partial charge in [0.2, 0.25) is 10.0 Å². The maximum atomic E-state index is 12.2. The molecule has 1 atom stereocenters. The molecule has 0 N–H and O–H groups in total. The largest absolute Gasteiger partial charge is 0.378 e. The van der Waals surface area contributed by atoms with Crippen LogP contribution in [0.1, 0.15) is 30.1 Å². The fourth-order valence-corrected chi connectivity index (χ4v) is 4.38. The molecule has 1 saturated heterocycles. The van der Waals surface area contributed by atoms with Crippen LogP contribution in [0.5, 0.6) is 0 Å². The molecule has 0 saturated carbocycles. The van der Waals surface area contributed by atoms with Crippen LogP contribution < -0.4 is 0 Å². The average Bonchev–Trinajstić information content (AvgIpc) is 2.76. The number of morpholine rings is 1. The molecule has 0 bridgehead atoms. The summed E-state index contributed by atoms with van der Waals surface area (Å²) in [5.41, 5.74) is 0.803. The summed E-state index contributed by atoms with van der Waals surface area (Å²) < 4.78 is 31.4. The van der Waals surface area contributed by atoms with Gasteiger partial charge in [-0.2, -0.15) is 4.31 Å². The first-order valence-corrected chi connectivity index (χ1v) is 8.52. The third-order valence-electron chi connectivity index (χ3n) is 2.88. The van der Waals surface area contributed by atoms with Crippen molar-refractivity contribution < 1.29 is 13.2 Å². The molecule has 5 nitrogen and oxygen atoms in total. The maximum Gasteiger partial charge on any atom is 0.214 e. The Labute approximate surface area is 112 Å². The van der Waals surface area contributed by atoms with Gasteiger partial charge in [-0.15, -0.1) is 11.3 Å². The second kappa shape index (κ2) is 5.64. The summed E-state index contributed by atoms with van der Waals surface area (Å²) in [6.07, 6.45) is 0.627. The lowest BCUT2D eigenvalue weighted by Crippen LogP contribution is -2.44. The predicted octanol–water partition coefficient (Wildman–Crippen LogP) is 1.56. The number of aryl methyl sites for hydroxylation is 1. The molecule has 1 aromatic rings. The number of sulfonamides is 1. The summed E-state index contributed by atoms with van der Waals surface area (Å²) in [5.74, 6) is 0.187.